The minimum absolute atomic E-state index is 0.0649. The molecule has 3 aromatic heterocycles. The quantitative estimate of drug-likeness (QED) is 0.337. The second-order valence-electron chi connectivity index (χ2n) is 10.8. The van der Waals surface area contributed by atoms with Crippen LogP contribution in [0.1, 0.15) is 37.8 Å². The smallest absolute Gasteiger partial charge is 0.225 e. The van der Waals surface area contributed by atoms with Gasteiger partial charge >= 0.3 is 0 Å². The van der Waals surface area contributed by atoms with E-state index in [9.17, 15) is 4.79 Å². The van der Waals surface area contributed by atoms with E-state index in [0.29, 0.717) is 23.7 Å². The van der Waals surface area contributed by atoms with Gasteiger partial charge in [0.1, 0.15) is 5.82 Å². The number of hydrogen-bond acceptors (Lipinski definition) is 7. The molecule has 9 heteroatoms. The topological polar surface area (TPSA) is 99.3 Å². The zero-order valence-corrected chi connectivity index (χ0v) is 22.8. The van der Waals surface area contributed by atoms with Crippen LogP contribution in [0.4, 0.5) is 11.8 Å². The van der Waals surface area contributed by atoms with Crippen molar-refractivity contribution in [3.63, 3.8) is 0 Å². The van der Waals surface area contributed by atoms with Crippen molar-refractivity contribution in [2.45, 2.75) is 46.3 Å². The van der Waals surface area contributed by atoms with Crippen molar-refractivity contribution in [1.82, 2.24) is 29.7 Å². The van der Waals surface area contributed by atoms with E-state index >= 15 is 0 Å². The maximum Gasteiger partial charge on any atom is 0.225 e. The van der Waals surface area contributed by atoms with Gasteiger partial charge in [-0.25, -0.2) is 15.0 Å². The lowest BCUT2D eigenvalue weighted by Gasteiger charge is -2.34. The molecular weight excluding hydrogens is 490 g/mol. The van der Waals surface area contributed by atoms with E-state index in [-0.39, 0.29) is 6.10 Å². The molecule has 0 atom stereocenters. The molecule has 1 saturated heterocycles. The number of H-pyrrole nitrogens is 1. The Kier molecular flexibility index (Phi) is 6.91. The van der Waals surface area contributed by atoms with E-state index in [0.717, 1.165) is 79.1 Å². The third-order valence-corrected chi connectivity index (χ3v) is 7.39. The number of benzene rings is 1. The van der Waals surface area contributed by atoms with E-state index in [2.05, 4.69) is 43.4 Å². The molecule has 0 unspecified atom stereocenters. The number of ether oxygens (including phenoxy) is 1. The van der Waals surface area contributed by atoms with Crippen molar-refractivity contribution < 1.29 is 9.53 Å². The van der Waals surface area contributed by atoms with Gasteiger partial charge in [-0.1, -0.05) is 6.07 Å². The number of nitrogens with zero attached hydrogens (tertiary/aromatic N) is 5. The van der Waals surface area contributed by atoms with Crippen molar-refractivity contribution >= 4 is 28.7 Å². The van der Waals surface area contributed by atoms with Crippen molar-refractivity contribution in [1.29, 1.82) is 0 Å². The second-order valence-corrected chi connectivity index (χ2v) is 10.8. The molecule has 1 aliphatic carbocycles. The SMILES string of the molecule is Cc1c(-c2ccc3nc(Nc4cc(CN5CCN(C(=O)C6CC6)CC5)ccn4)[nH]c3c2)ccnc1OC(C)C. The molecule has 4 heterocycles. The number of imidazole rings is 1. The number of aromatic amines is 1. The Hall–Kier alpha value is -3.98. The van der Waals surface area contributed by atoms with Crippen LogP contribution in [0.25, 0.3) is 22.2 Å². The molecule has 39 heavy (non-hydrogen) atoms. The summed E-state index contributed by atoms with van der Waals surface area (Å²) < 4.78 is 5.88. The Morgan fingerprint density at radius 2 is 1.87 bits per heavy atom. The van der Waals surface area contributed by atoms with Crippen LogP contribution in [0.15, 0.2) is 48.8 Å². The maximum atomic E-state index is 12.3. The molecule has 1 aliphatic heterocycles. The molecule has 1 saturated carbocycles. The lowest BCUT2D eigenvalue weighted by atomic mass is 10.0. The Morgan fingerprint density at radius 3 is 2.64 bits per heavy atom. The molecule has 0 radical (unpaired) electrons. The summed E-state index contributed by atoms with van der Waals surface area (Å²) in [6.07, 6.45) is 5.81. The number of piperazine rings is 1. The molecule has 9 nitrogen and oxygen atoms in total. The van der Waals surface area contributed by atoms with Crippen molar-refractivity contribution in [2.24, 2.45) is 5.92 Å². The zero-order valence-electron chi connectivity index (χ0n) is 22.8. The van der Waals surface area contributed by atoms with Crippen LogP contribution in [-0.2, 0) is 11.3 Å². The van der Waals surface area contributed by atoms with E-state index in [4.69, 9.17) is 9.72 Å². The number of aromatic nitrogens is 4. The standard InChI is InChI=1S/C30H35N7O2/c1-19(2)39-28-20(3)24(9-11-32-28)23-6-7-25-26(17-23)34-30(33-25)35-27-16-21(8-10-31-27)18-36-12-14-37(15-13-36)29(38)22-4-5-22/h6-11,16-17,19,22H,4-5,12-15,18H2,1-3H3,(H2,31,33,34,35). The summed E-state index contributed by atoms with van der Waals surface area (Å²) >= 11 is 0. The van der Waals surface area contributed by atoms with Crippen molar-refractivity contribution in [2.75, 3.05) is 31.5 Å². The average molecular weight is 526 g/mol. The van der Waals surface area contributed by atoms with Crippen LogP contribution >= 0.6 is 0 Å². The zero-order chi connectivity index (χ0) is 26.9. The highest BCUT2D eigenvalue weighted by atomic mass is 16.5. The summed E-state index contributed by atoms with van der Waals surface area (Å²) in [4.78, 5) is 33.8. The Bertz CT molecular complexity index is 1490. The van der Waals surface area contributed by atoms with Crippen LogP contribution in [0, 0.1) is 12.8 Å². The summed E-state index contributed by atoms with van der Waals surface area (Å²) in [5.41, 5.74) is 6.17. The molecule has 2 fully saturated rings. The average Bonchev–Trinajstić information content (AvgIpc) is 3.70. The fourth-order valence-corrected chi connectivity index (χ4v) is 5.14. The van der Waals surface area contributed by atoms with Crippen LogP contribution in [0.5, 0.6) is 5.88 Å². The lowest BCUT2D eigenvalue weighted by Crippen LogP contribution is -2.48. The number of amides is 1. The molecule has 0 bridgehead atoms. The fourth-order valence-electron chi connectivity index (χ4n) is 5.14. The first-order valence-corrected chi connectivity index (χ1v) is 13.8. The summed E-state index contributed by atoms with van der Waals surface area (Å²) in [6, 6.07) is 12.3. The first-order chi connectivity index (χ1) is 18.9. The van der Waals surface area contributed by atoms with Gasteiger partial charge in [0.05, 0.1) is 17.1 Å². The molecule has 0 spiro atoms. The van der Waals surface area contributed by atoms with E-state index in [1.165, 1.54) is 5.56 Å². The number of carbonyl (C=O) groups excluding carboxylic acids is 1. The van der Waals surface area contributed by atoms with E-state index in [1.807, 2.05) is 50.1 Å². The summed E-state index contributed by atoms with van der Waals surface area (Å²) in [6.45, 7) is 10.3. The highest BCUT2D eigenvalue weighted by molar-refractivity contribution is 5.85. The summed E-state index contributed by atoms with van der Waals surface area (Å²) in [7, 11) is 0. The third-order valence-electron chi connectivity index (χ3n) is 7.39. The van der Waals surface area contributed by atoms with Crippen molar-refractivity contribution in [3.8, 4) is 17.0 Å². The monoisotopic (exact) mass is 525 g/mol. The first-order valence-electron chi connectivity index (χ1n) is 13.8. The first kappa shape index (κ1) is 25.3. The van der Waals surface area contributed by atoms with Gasteiger partial charge in [-0.15, -0.1) is 0 Å². The molecule has 2 N–H and O–H groups in total. The number of hydrogen-bond donors (Lipinski definition) is 2. The van der Waals surface area contributed by atoms with E-state index in [1.54, 1.807) is 6.20 Å². The van der Waals surface area contributed by atoms with Gasteiger partial charge < -0.3 is 19.9 Å². The number of fused-ring (bicyclic) bond motifs is 1. The summed E-state index contributed by atoms with van der Waals surface area (Å²) in [5.74, 6) is 2.70. The van der Waals surface area contributed by atoms with Crippen LogP contribution in [0.2, 0.25) is 0 Å². The van der Waals surface area contributed by atoms with Crippen LogP contribution < -0.4 is 10.1 Å². The van der Waals surface area contributed by atoms with Crippen molar-refractivity contribution in [3.05, 3.63) is 59.9 Å². The molecular formula is C30H35N7O2. The predicted molar refractivity (Wildman–Crippen MR) is 152 cm³/mol. The molecule has 1 aromatic carbocycles. The van der Waals surface area contributed by atoms with E-state index < -0.39 is 0 Å². The normalized spacial score (nSPS) is 16.2. The summed E-state index contributed by atoms with van der Waals surface area (Å²) in [5, 5.41) is 3.33. The second kappa shape index (κ2) is 10.6. The Morgan fingerprint density at radius 1 is 1.08 bits per heavy atom. The van der Waals surface area contributed by atoms with Gasteiger partial charge in [-0.05, 0) is 80.6 Å². The largest absolute Gasteiger partial charge is 0.475 e. The predicted octanol–water partition coefficient (Wildman–Crippen LogP) is 4.91. The van der Waals surface area contributed by atoms with Gasteiger partial charge in [-0.3, -0.25) is 9.69 Å². The highest BCUT2D eigenvalue weighted by Crippen LogP contribution is 2.32. The van der Waals surface area contributed by atoms with Gasteiger partial charge in [0, 0.05) is 56.6 Å². The number of pyridine rings is 2. The molecule has 202 valence electrons. The number of rotatable bonds is 8. The number of carbonyl (C=O) groups is 1. The Labute approximate surface area is 228 Å². The fraction of sp³-hybridized carbons (Fsp3) is 0.400. The maximum absolute atomic E-state index is 12.3. The van der Waals surface area contributed by atoms with Gasteiger partial charge in [0.15, 0.2) is 0 Å². The molecule has 2 aliphatic rings. The number of anilines is 2. The number of nitrogens with one attached hydrogen (secondary N) is 2. The minimum atomic E-state index is 0.0649. The highest BCUT2D eigenvalue weighted by Gasteiger charge is 2.34. The van der Waals surface area contributed by atoms with Gasteiger partial charge in [0.25, 0.3) is 0 Å². The van der Waals surface area contributed by atoms with Crippen LogP contribution in [-0.4, -0.2) is 67.9 Å². The Balaban J connectivity index is 1.12. The molecule has 1 amide bonds. The third kappa shape index (κ3) is 5.73. The minimum Gasteiger partial charge on any atom is -0.475 e. The van der Waals surface area contributed by atoms with Gasteiger partial charge in [-0.2, -0.15) is 0 Å². The van der Waals surface area contributed by atoms with Gasteiger partial charge in [0.2, 0.25) is 17.7 Å². The molecule has 4 aromatic rings. The lowest BCUT2D eigenvalue weighted by molar-refractivity contribution is -0.134. The molecule has 6 rings (SSSR count). The van der Waals surface area contributed by atoms with Crippen LogP contribution in [0.3, 0.4) is 0 Å².